The standard InChI is InChI=1S/C30H31N2S2/c1-30(2)18-20(22-9-7-15-31-24-11-3-5-13-26(24)33-28(22)31)17-21(19-30)23-10-8-16-32-25-12-4-6-14-27(25)34-29(23)32/h3-6,11-14,17H,7-10,15-16,18-19H2,1-2H3/q+1. The van der Waals surface area contributed by atoms with Crippen molar-refractivity contribution in [3.63, 3.8) is 0 Å². The van der Waals surface area contributed by atoms with Gasteiger partial charge in [0.05, 0.1) is 10.7 Å². The van der Waals surface area contributed by atoms with Crippen molar-refractivity contribution in [1.82, 2.24) is 0 Å². The van der Waals surface area contributed by atoms with Gasteiger partial charge in [-0.25, -0.2) is 0 Å². The smallest absolute Gasteiger partial charge is 0.266 e. The lowest BCUT2D eigenvalue weighted by molar-refractivity contribution is -0.672. The van der Waals surface area contributed by atoms with Gasteiger partial charge in [0.25, 0.3) is 5.01 Å². The number of aryl methyl sites for hydroxylation is 1. The van der Waals surface area contributed by atoms with Gasteiger partial charge >= 0.3 is 0 Å². The number of rotatable bonds is 1. The molecular weight excluding hydrogens is 452 g/mol. The topological polar surface area (TPSA) is 7.12 Å². The van der Waals surface area contributed by atoms with E-state index in [4.69, 9.17) is 0 Å². The Morgan fingerprint density at radius 2 is 1.74 bits per heavy atom. The van der Waals surface area contributed by atoms with Gasteiger partial charge in [0.2, 0.25) is 5.52 Å². The molecule has 4 heteroatoms. The maximum Gasteiger partial charge on any atom is 0.266 e. The van der Waals surface area contributed by atoms with Gasteiger partial charge in [-0.15, -0.1) is 0 Å². The molecule has 2 nitrogen and oxygen atoms in total. The summed E-state index contributed by atoms with van der Waals surface area (Å²) in [7, 11) is 0. The Morgan fingerprint density at radius 1 is 0.912 bits per heavy atom. The van der Waals surface area contributed by atoms with Gasteiger partial charge in [-0.3, -0.25) is 0 Å². The number of hydrogen-bond acceptors (Lipinski definition) is 3. The van der Waals surface area contributed by atoms with Gasteiger partial charge in [-0.1, -0.05) is 67.3 Å². The fraction of sp³-hybridized carbons (Fsp3) is 0.367. The first kappa shape index (κ1) is 21.0. The number of hydrogen-bond donors (Lipinski definition) is 0. The van der Waals surface area contributed by atoms with E-state index in [9.17, 15) is 0 Å². The number of aromatic nitrogens is 1. The molecule has 2 aromatic carbocycles. The largest absolute Gasteiger partial charge is 0.335 e. The zero-order valence-corrected chi connectivity index (χ0v) is 21.7. The van der Waals surface area contributed by atoms with Gasteiger partial charge in [0, 0.05) is 29.5 Å². The Balaban J connectivity index is 1.38. The number of allylic oxidation sites excluding steroid dienone is 5. The van der Waals surface area contributed by atoms with Gasteiger partial charge in [-0.05, 0) is 72.4 Å². The summed E-state index contributed by atoms with van der Waals surface area (Å²) < 4.78 is 4.01. The second-order valence-electron chi connectivity index (χ2n) is 10.9. The molecule has 0 amide bonds. The molecule has 34 heavy (non-hydrogen) atoms. The Kier molecular flexibility index (Phi) is 4.86. The summed E-state index contributed by atoms with van der Waals surface area (Å²) in [6.45, 7) is 7.25. The highest BCUT2D eigenvalue weighted by Crippen LogP contribution is 2.53. The molecule has 0 radical (unpaired) electrons. The molecule has 4 aliphatic rings. The Bertz CT molecular complexity index is 1420. The van der Waals surface area contributed by atoms with Crippen LogP contribution in [0.25, 0.3) is 15.8 Å². The Labute approximate surface area is 210 Å². The van der Waals surface area contributed by atoms with E-state index in [2.05, 4.69) is 77.9 Å². The lowest BCUT2D eigenvalue weighted by atomic mass is 9.71. The summed E-state index contributed by atoms with van der Waals surface area (Å²) in [5, 5.41) is 3.00. The van der Waals surface area contributed by atoms with E-state index in [1.165, 1.54) is 69.4 Å². The maximum atomic E-state index is 2.62. The molecule has 3 aromatic rings. The molecule has 0 N–H and O–H groups in total. The minimum Gasteiger partial charge on any atom is -0.335 e. The number of para-hydroxylation sites is 2. The highest BCUT2D eigenvalue weighted by Gasteiger charge is 2.37. The molecule has 0 spiro atoms. The molecule has 0 atom stereocenters. The van der Waals surface area contributed by atoms with Crippen LogP contribution in [-0.4, -0.2) is 6.54 Å². The predicted octanol–water partition coefficient (Wildman–Crippen LogP) is 8.10. The lowest BCUT2D eigenvalue weighted by Gasteiger charge is -2.36. The second kappa shape index (κ2) is 7.86. The molecule has 0 saturated heterocycles. The van der Waals surface area contributed by atoms with Gasteiger partial charge in [0.1, 0.15) is 4.70 Å². The van der Waals surface area contributed by atoms with Crippen LogP contribution in [-0.2, 0) is 6.54 Å². The average Bonchev–Trinajstić information content (AvgIpc) is 3.41. The van der Waals surface area contributed by atoms with E-state index < -0.39 is 0 Å². The summed E-state index contributed by atoms with van der Waals surface area (Å²) in [5.74, 6) is 0. The quantitative estimate of drug-likeness (QED) is 0.323. The fourth-order valence-electron chi connectivity index (χ4n) is 6.39. The minimum absolute atomic E-state index is 0.289. The van der Waals surface area contributed by atoms with Crippen molar-refractivity contribution < 1.29 is 4.57 Å². The molecule has 3 aliphatic heterocycles. The van der Waals surface area contributed by atoms with Crippen LogP contribution >= 0.6 is 23.1 Å². The Morgan fingerprint density at radius 3 is 2.68 bits per heavy atom. The van der Waals surface area contributed by atoms with Crippen LogP contribution in [0.1, 0.15) is 57.4 Å². The first-order valence-electron chi connectivity index (χ1n) is 12.7. The molecule has 4 heterocycles. The second-order valence-corrected chi connectivity index (χ2v) is 13.0. The van der Waals surface area contributed by atoms with E-state index >= 15 is 0 Å². The van der Waals surface area contributed by atoms with Crippen molar-refractivity contribution >= 4 is 44.6 Å². The van der Waals surface area contributed by atoms with Crippen LogP contribution in [0.3, 0.4) is 0 Å². The molecular formula is C30H31N2S2+. The van der Waals surface area contributed by atoms with Gasteiger partial charge in [-0.2, -0.15) is 4.57 Å². The summed E-state index contributed by atoms with van der Waals surface area (Å²) in [5.41, 5.74) is 9.52. The zero-order chi connectivity index (χ0) is 22.9. The van der Waals surface area contributed by atoms with Crippen molar-refractivity contribution in [2.75, 3.05) is 11.4 Å². The minimum atomic E-state index is 0.289. The average molecular weight is 484 g/mol. The highest BCUT2D eigenvalue weighted by atomic mass is 32.2. The number of fused-ring (bicyclic) bond motifs is 6. The molecule has 7 rings (SSSR count). The third-order valence-corrected chi connectivity index (χ3v) is 10.3. The number of nitrogens with zero attached hydrogens (tertiary/aromatic N) is 2. The summed E-state index contributed by atoms with van der Waals surface area (Å²) in [4.78, 5) is 4.01. The number of benzene rings is 2. The zero-order valence-electron chi connectivity index (χ0n) is 20.1. The number of thiazole rings is 1. The van der Waals surface area contributed by atoms with Crippen LogP contribution < -0.4 is 9.47 Å². The SMILES string of the molecule is CC1(C)CC(C2=C3Sc4ccccc4N3CCC2)=C/C(=C2\CCC[n+]3c2sc2ccccc23)C1. The molecule has 172 valence electrons. The first-order valence-corrected chi connectivity index (χ1v) is 14.3. The number of anilines is 1. The molecule has 0 bridgehead atoms. The van der Waals surface area contributed by atoms with Crippen molar-refractivity contribution in [2.45, 2.75) is 63.8 Å². The van der Waals surface area contributed by atoms with E-state index in [0.717, 1.165) is 13.1 Å². The van der Waals surface area contributed by atoms with Crippen molar-refractivity contribution in [3.05, 3.63) is 81.4 Å². The van der Waals surface area contributed by atoms with E-state index in [1.54, 1.807) is 22.3 Å². The van der Waals surface area contributed by atoms with E-state index in [1.807, 2.05) is 23.1 Å². The summed E-state index contributed by atoms with van der Waals surface area (Å²) >= 11 is 3.99. The molecule has 1 aromatic heterocycles. The van der Waals surface area contributed by atoms with E-state index in [-0.39, 0.29) is 5.41 Å². The Hall–Kier alpha value is -2.30. The van der Waals surface area contributed by atoms with Crippen LogP contribution in [0, 0.1) is 5.41 Å². The third kappa shape index (κ3) is 3.33. The highest BCUT2D eigenvalue weighted by molar-refractivity contribution is 8.03. The fourth-order valence-corrected chi connectivity index (χ4v) is 8.98. The molecule has 1 aliphatic carbocycles. The predicted molar refractivity (Wildman–Crippen MR) is 145 cm³/mol. The normalized spacial score (nSPS) is 23.6. The van der Waals surface area contributed by atoms with Gasteiger partial charge < -0.3 is 4.90 Å². The monoisotopic (exact) mass is 483 g/mol. The van der Waals surface area contributed by atoms with Crippen LogP contribution in [0.2, 0.25) is 0 Å². The summed E-state index contributed by atoms with van der Waals surface area (Å²) in [6.07, 6.45) is 9.89. The van der Waals surface area contributed by atoms with Crippen LogP contribution in [0.15, 0.2) is 81.3 Å². The molecule has 0 saturated carbocycles. The maximum absolute atomic E-state index is 2.62. The van der Waals surface area contributed by atoms with Crippen molar-refractivity contribution in [1.29, 1.82) is 0 Å². The number of thioether (sulfide) groups is 1. The van der Waals surface area contributed by atoms with E-state index in [0.29, 0.717) is 0 Å². The lowest BCUT2D eigenvalue weighted by Crippen LogP contribution is -2.39. The van der Waals surface area contributed by atoms with Crippen molar-refractivity contribution in [2.24, 2.45) is 5.41 Å². The van der Waals surface area contributed by atoms with Crippen molar-refractivity contribution in [3.8, 4) is 0 Å². The molecule has 0 unspecified atom stereocenters. The third-order valence-electron chi connectivity index (χ3n) is 7.81. The van der Waals surface area contributed by atoms with Gasteiger partial charge in [0.15, 0.2) is 6.54 Å². The summed E-state index contributed by atoms with van der Waals surface area (Å²) in [6, 6.07) is 17.9. The van der Waals surface area contributed by atoms with Crippen LogP contribution in [0.4, 0.5) is 5.69 Å². The first-order chi connectivity index (χ1) is 16.6. The van der Waals surface area contributed by atoms with Crippen LogP contribution in [0.5, 0.6) is 0 Å². The molecule has 0 fully saturated rings.